The lowest BCUT2D eigenvalue weighted by Gasteiger charge is -2.10. The van der Waals surface area contributed by atoms with Gasteiger partial charge in [0.25, 0.3) is 5.91 Å². The van der Waals surface area contributed by atoms with Crippen molar-refractivity contribution in [1.82, 2.24) is 9.97 Å². The predicted octanol–water partition coefficient (Wildman–Crippen LogP) is 4.63. The van der Waals surface area contributed by atoms with E-state index in [0.29, 0.717) is 23.5 Å². The molecule has 1 aromatic heterocycles. The van der Waals surface area contributed by atoms with Crippen LogP contribution < -0.4 is 16.0 Å². The molecule has 3 aromatic carbocycles. The lowest BCUT2D eigenvalue weighted by atomic mass is 10.1. The van der Waals surface area contributed by atoms with Crippen molar-refractivity contribution < 1.29 is 9.59 Å². The molecule has 0 aliphatic carbocycles. The van der Waals surface area contributed by atoms with E-state index in [1.807, 2.05) is 60.7 Å². The third-order valence-corrected chi connectivity index (χ3v) is 5.14. The number of benzene rings is 3. The smallest absolute Gasteiger partial charge is 0.255 e. The van der Waals surface area contributed by atoms with Gasteiger partial charge in [-0.05, 0) is 48.0 Å². The monoisotopic (exact) mass is 421 g/mol. The number of amides is 2. The minimum Gasteiger partial charge on any atom is -0.340 e. The molecule has 0 saturated heterocycles. The van der Waals surface area contributed by atoms with Crippen LogP contribution >= 0.6 is 0 Å². The second-order valence-electron chi connectivity index (χ2n) is 7.41. The summed E-state index contributed by atoms with van der Waals surface area (Å²) in [5.74, 6) is 0.397. The molecule has 1 aliphatic rings. The molecule has 3 N–H and O–H groups in total. The van der Waals surface area contributed by atoms with E-state index in [9.17, 15) is 9.59 Å². The fourth-order valence-corrected chi connectivity index (χ4v) is 3.55. The maximum atomic E-state index is 12.6. The molecule has 7 heteroatoms. The summed E-state index contributed by atoms with van der Waals surface area (Å²) in [4.78, 5) is 32.7. The van der Waals surface area contributed by atoms with Crippen LogP contribution in [0.25, 0.3) is 11.3 Å². The first-order valence-electron chi connectivity index (χ1n) is 10.1. The van der Waals surface area contributed by atoms with Gasteiger partial charge in [-0.2, -0.15) is 0 Å². The van der Waals surface area contributed by atoms with Gasteiger partial charge in [0.15, 0.2) is 0 Å². The number of anilines is 4. The molecule has 0 bridgehead atoms. The van der Waals surface area contributed by atoms with Gasteiger partial charge >= 0.3 is 0 Å². The maximum absolute atomic E-state index is 12.6. The largest absolute Gasteiger partial charge is 0.340 e. The molecule has 5 rings (SSSR count). The lowest BCUT2D eigenvalue weighted by molar-refractivity contribution is -0.115. The average molecular weight is 421 g/mol. The highest BCUT2D eigenvalue weighted by Gasteiger charge is 2.19. The summed E-state index contributed by atoms with van der Waals surface area (Å²) in [5.41, 5.74) is 5.47. The van der Waals surface area contributed by atoms with E-state index in [1.165, 1.54) is 6.33 Å². The first-order valence-corrected chi connectivity index (χ1v) is 10.1. The van der Waals surface area contributed by atoms with Gasteiger partial charge < -0.3 is 16.0 Å². The number of hydrogen-bond donors (Lipinski definition) is 3. The minimum absolute atomic E-state index is 0.0553. The molecule has 32 heavy (non-hydrogen) atoms. The van der Waals surface area contributed by atoms with Gasteiger partial charge in [-0.15, -0.1) is 0 Å². The van der Waals surface area contributed by atoms with Crippen LogP contribution in [0.3, 0.4) is 0 Å². The molecule has 2 heterocycles. The zero-order valence-corrected chi connectivity index (χ0v) is 17.0. The Labute approximate surface area is 184 Å². The van der Waals surface area contributed by atoms with Crippen LogP contribution in [0.1, 0.15) is 15.9 Å². The molecule has 0 saturated carbocycles. The number of nitrogens with zero attached hydrogens (tertiary/aromatic N) is 2. The van der Waals surface area contributed by atoms with Crippen molar-refractivity contribution in [2.45, 2.75) is 6.42 Å². The Morgan fingerprint density at radius 3 is 2.47 bits per heavy atom. The number of nitrogens with one attached hydrogen (secondary N) is 3. The van der Waals surface area contributed by atoms with Crippen molar-refractivity contribution in [2.24, 2.45) is 0 Å². The molecule has 2 amide bonds. The molecule has 1 aliphatic heterocycles. The molecular formula is C25H19N5O2. The predicted molar refractivity (Wildman–Crippen MR) is 124 cm³/mol. The van der Waals surface area contributed by atoms with Gasteiger partial charge in [-0.1, -0.05) is 30.3 Å². The van der Waals surface area contributed by atoms with E-state index in [-0.39, 0.29) is 11.8 Å². The molecule has 4 aromatic rings. The highest BCUT2D eigenvalue weighted by atomic mass is 16.2. The molecule has 0 atom stereocenters. The number of aromatic nitrogens is 2. The van der Waals surface area contributed by atoms with Crippen LogP contribution in [0.4, 0.5) is 22.9 Å². The zero-order valence-electron chi connectivity index (χ0n) is 17.0. The van der Waals surface area contributed by atoms with Gasteiger partial charge in [0.2, 0.25) is 5.91 Å². The van der Waals surface area contributed by atoms with Crippen molar-refractivity contribution in [3.05, 3.63) is 96.3 Å². The maximum Gasteiger partial charge on any atom is 0.255 e. The molecule has 0 fully saturated rings. The topological polar surface area (TPSA) is 96.0 Å². The third kappa shape index (κ3) is 4.17. The number of fused-ring (bicyclic) bond motifs is 1. The molecule has 0 unspecified atom stereocenters. The minimum atomic E-state index is -0.226. The van der Waals surface area contributed by atoms with Crippen LogP contribution in [-0.2, 0) is 11.2 Å². The molecular weight excluding hydrogens is 402 g/mol. The van der Waals surface area contributed by atoms with E-state index >= 15 is 0 Å². The zero-order chi connectivity index (χ0) is 21.9. The summed E-state index contributed by atoms with van der Waals surface area (Å²) in [7, 11) is 0. The first kappa shape index (κ1) is 19.4. The van der Waals surface area contributed by atoms with E-state index in [2.05, 4.69) is 25.9 Å². The molecule has 0 radical (unpaired) electrons. The van der Waals surface area contributed by atoms with E-state index in [1.54, 1.807) is 18.2 Å². The fourth-order valence-electron chi connectivity index (χ4n) is 3.55. The Bertz CT molecular complexity index is 1300. The van der Waals surface area contributed by atoms with E-state index < -0.39 is 0 Å². The molecule has 0 spiro atoms. The number of rotatable bonds is 5. The molecule has 156 valence electrons. The summed E-state index contributed by atoms with van der Waals surface area (Å²) in [5, 5.41) is 8.91. The van der Waals surface area contributed by atoms with Gasteiger partial charge in [0, 0.05) is 34.3 Å². The summed E-state index contributed by atoms with van der Waals surface area (Å²) >= 11 is 0. The highest BCUT2D eigenvalue weighted by Crippen LogP contribution is 2.25. The number of carbonyl (C=O) groups excluding carboxylic acids is 2. The van der Waals surface area contributed by atoms with E-state index in [0.717, 1.165) is 28.2 Å². The van der Waals surface area contributed by atoms with Gasteiger partial charge in [-0.3, -0.25) is 9.59 Å². The Kier molecular flexibility index (Phi) is 5.05. The van der Waals surface area contributed by atoms with Crippen molar-refractivity contribution in [1.29, 1.82) is 0 Å². The van der Waals surface area contributed by atoms with Gasteiger partial charge in [-0.25, -0.2) is 9.97 Å². The van der Waals surface area contributed by atoms with E-state index in [4.69, 9.17) is 0 Å². The summed E-state index contributed by atoms with van der Waals surface area (Å²) in [6.07, 6.45) is 1.82. The molecule has 7 nitrogen and oxygen atoms in total. The van der Waals surface area contributed by atoms with Crippen molar-refractivity contribution in [3.8, 4) is 11.3 Å². The third-order valence-electron chi connectivity index (χ3n) is 5.14. The van der Waals surface area contributed by atoms with Crippen LogP contribution in [-0.4, -0.2) is 21.8 Å². The SMILES string of the molecule is O=C1Cc2cc(C(=O)Nc3ccc(Nc4cc(-c5ccccc5)ncn4)cc3)ccc2N1. The summed E-state index contributed by atoms with van der Waals surface area (Å²) < 4.78 is 0. The van der Waals surface area contributed by atoms with Crippen LogP contribution in [0.5, 0.6) is 0 Å². The Hall–Kier alpha value is -4.52. The van der Waals surface area contributed by atoms with Gasteiger partial charge in [0.1, 0.15) is 12.1 Å². The van der Waals surface area contributed by atoms with Crippen molar-refractivity contribution >= 4 is 34.7 Å². The standard InChI is InChI=1S/C25H19N5O2/c31-24-13-18-12-17(6-11-21(18)30-24)25(32)29-20-9-7-19(8-10-20)28-23-14-22(26-15-27-23)16-4-2-1-3-5-16/h1-12,14-15H,13H2,(H,29,32)(H,30,31)(H,26,27,28). The normalized spacial score (nSPS) is 12.1. The van der Waals surface area contributed by atoms with Crippen molar-refractivity contribution in [3.63, 3.8) is 0 Å². The van der Waals surface area contributed by atoms with Crippen LogP contribution in [0.2, 0.25) is 0 Å². The number of carbonyl (C=O) groups is 2. The second-order valence-corrected chi connectivity index (χ2v) is 7.41. The number of hydrogen-bond acceptors (Lipinski definition) is 5. The lowest BCUT2D eigenvalue weighted by Crippen LogP contribution is -2.12. The Morgan fingerprint density at radius 1 is 0.875 bits per heavy atom. The summed E-state index contributed by atoms with van der Waals surface area (Å²) in [6, 6.07) is 24.4. The van der Waals surface area contributed by atoms with Crippen LogP contribution in [0.15, 0.2) is 85.2 Å². The van der Waals surface area contributed by atoms with Crippen LogP contribution in [0, 0.1) is 0 Å². The quantitative estimate of drug-likeness (QED) is 0.436. The average Bonchev–Trinajstić information content (AvgIpc) is 3.20. The Balaban J connectivity index is 1.26. The summed E-state index contributed by atoms with van der Waals surface area (Å²) in [6.45, 7) is 0. The fraction of sp³-hybridized carbons (Fsp3) is 0.0400. The highest BCUT2D eigenvalue weighted by molar-refractivity contribution is 6.06. The Morgan fingerprint density at radius 2 is 1.66 bits per heavy atom. The van der Waals surface area contributed by atoms with Gasteiger partial charge in [0.05, 0.1) is 12.1 Å². The second kappa shape index (κ2) is 8.31. The first-order chi connectivity index (χ1) is 15.6. The van der Waals surface area contributed by atoms with Crippen molar-refractivity contribution in [2.75, 3.05) is 16.0 Å².